The Morgan fingerprint density at radius 2 is 2.21 bits per heavy atom. The van der Waals surface area contributed by atoms with Crippen molar-refractivity contribution in [3.8, 4) is 0 Å². The molecule has 0 aliphatic rings. The molecule has 0 amide bonds. The maximum absolute atomic E-state index is 4.25. The van der Waals surface area contributed by atoms with Crippen LogP contribution in [0.15, 0.2) is 36.0 Å². The van der Waals surface area contributed by atoms with Gasteiger partial charge in [-0.25, -0.2) is 9.67 Å². The van der Waals surface area contributed by atoms with Crippen molar-refractivity contribution >= 4 is 21.4 Å². The Hall–Kier alpha value is -1.72. The number of benzene rings is 1. The minimum absolute atomic E-state index is 0.746. The summed E-state index contributed by atoms with van der Waals surface area (Å²) in [4.78, 5) is 4.25. The summed E-state index contributed by atoms with van der Waals surface area (Å²) in [5.74, 6) is 0.985. The Bertz CT molecular complexity index is 671. The average Bonchev–Trinajstić information content (AvgIpc) is 3.06. The highest BCUT2D eigenvalue weighted by atomic mass is 32.1. The molecule has 4 nitrogen and oxygen atoms in total. The van der Waals surface area contributed by atoms with Gasteiger partial charge in [0.15, 0.2) is 0 Å². The SMILES string of the molecule is CCn1ncnc1CNCc1ccc2sccc2c1. The maximum atomic E-state index is 4.25. The van der Waals surface area contributed by atoms with Crippen LogP contribution in [0.4, 0.5) is 0 Å². The van der Waals surface area contributed by atoms with E-state index in [1.807, 2.05) is 4.68 Å². The topological polar surface area (TPSA) is 42.7 Å². The molecular formula is C14H16N4S. The van der Waals surface area contributed by atoms with Crippen LogP contribution in [0.5, 0.6) is 0 Å². The van der Waals surface area contributed by atoms with Gasteiger partial charge in [0.25, 0.3) is 0 Å². The van der Waals surface area contributed by atoms with Gasteiger partial charge in [-0.05, 0) is 41.5 Å². The van der Waals surface area contributed by atoms with Crippen LogP contribution < -0.4 is 5.32 Å². The fourth-order valence-electron chi connectivity index (χ4n) is 2.13. The van der Waals surface area contributed by atoms with Gasteiger partial charge in [-0.3, -0.25) is 0 Å². The lowest BCUT2D eigenvalue weighted by Gasteiger charge is -2.06. The lowest BCUT2D eigenvalue weighted by atomic mass is 10.2. The molecule has 2 heterocycles. The first kappa shape index (κ1) is 12.3. The zero-order valence-corrected chi connectivity index (χ0v) is 11.7. The zero-order chi connectivity index (χ0) is 13.1. The largest absolute Gasteiger partial charge is 0.306 e. The van der Waals surface area contributed by atoms with E-state index in [-0.39, 0.29) is 0 Å². The number of hydrogen-bond acceptors (Lipinski definition) is 4. The van der Waals surface area contributed by atoms with Crippen LogP contribution >= 0.6 is 11.3 Å². The van der Waals surface area contributed by atoms with Gasteiger partial charge < -0.3 is 5.32 Å². The summed E-state index contributed by atoms with van der Waals surface area (Å²) in [6.45, 7) is 4.53. The number of hydrogen-bond donors (Lipinski definition) is 1. The van der Waals surface area contributed by atoms with Crippen LogP contribution in [0.3, 0.4) is 0 Å². The first-order valence-corrected chi connectivity index (χ1v) is 7.28. The Kier molecular flexibility index (Phi) is 3.57. The summed E-state index contributed by atoms with van der Waals surface area (Å²) in [7, 11) is 0. The monoisotopic (exact) mass is 272 g/mol. The van der Waals surface area contributed by atoms with Crippen molar-refractivity contribution in [1.82, 2.24) is 20.1 Å². The number of aromatic nitrogens is 3. The third kappa shape index (κ3) is 2.67. The maximum Gasteiger partial charge on any atom is 0.140 e. The molecule has 0 saturated heterocycles. The van der Waals surface area contributed by atoms with Crippen LogP contribution in [-0.2, 0) is 19.6 Å². The number of nitrogens with zero attached hydrogens (tertiary/aromatic N) is 3. The van der Waals surface area contributed by atoms with Crippen LogP contribution in [0, 0.1) is 0 Å². The zero-order valence-electron chi connectivity index (χ0n) is 10.8. The summed E-state index contributed by atoms with van der Waals surface area (Å²) >= 11 is 1.78. The number of thiophene rings is 1. The van der Waals surface area contributed by atoms with E-state index in [1.165, 1.54) is 15.6 Å². The normalized spacial score (nSPS) is 11.2. The van der Waals surface area contributed by atoms with Gasteiger partial charge in [0.2, 0.25) is 0 Å². The highest BCUT2D eigenvalue weighted by Gasteiger charge is 2.02. The summed E-state index contributed by atoms with van der Waals surface area (Å²) in [5, 5.41) is 11.0. The Morgan fingerprint density at radius 3 is 3.11 bits per heavy atom. The molecular weight excluding hydrogens is 256 g/mol. The molecule has 0 bridgehead atoms. The van der Waals surface area contributed by atoms with Crippen molar-refractivity contribution in [2.24, 2.45) is 0 Å². The van der Waals surface area contributed by atoms with E-state index in [2.05, 4.69) is 52.0 Å². The molecule has 0 spiro atoms. The van der Waals surface area contributed by atoms with E-state index in [9.17, 15) is 0 Å². The molecule has 0 fully saturated rings. The van der Waals surface area contributed by atoms with Gasteiger partial charge in [0, 0.05) is 17.8 Å². The Morgan fingerprint density at radius 1 is 1.26 bits per heavy atom. The third-order valence-corrected chi connectivity index (χ3v) is 4.02. The van der Waals surface area contributed by atoms with Crippen LogP contribution in [0.25, 0.3) is 10.1 Å². The molecule has 1 N–H and O–H groups in total. The van der Waals surface area contributed by atoms with E-state index in [0.29, 0.717) is 0 Å². The van der Waals surface area contributed by atoms with Gasteiger partial charge in [-0.2, -0.15) is 5.10 Å². The van der Waals surface area contributed by atoms with Gasteiger partial charge in [0.1, 0.15) is 12.2 Å². The molecule has 0 radical (unpaired) electrons. The lowest BCUT2D eigenvalue weighted by Crippen LogP contribution is -2.17. The second kappa shape index (κ2) is 5.50. The minimum Gasteiger partial charge on any atom is -0.306 e. The molecule has 0 unspecified atom stereocenters. The highest BCUT2D eigenvalue weighted by molar-refractivity contribution is 7.17. The molecule has 1 aromatic carbocycles. The van der Waals surface area contributed by atoms with Crippen LogP contribution in [0.2, 0.25) is 0 Å². The quantitative estimate of drug-likeness (QED) is 0.776. The Balaban J connectivity index is 1.62. The van der Waals surface area contributed by atoms with Crippen LogP contribution in [-0.4, -0.2) is 14.8 Å². The van der Waals surface area contributed by atoms with E-state index in [4.69, 9.17) is 0 Å². The van der Waals surface area contributed by atoms with Crippen molar-refractivity contribution in [1.29, 1.82) is 0 Å². The molecule has 5 heteroatoms. The molecule has 19 heavy (non-hydrogen) atoms. The molecule has 98 valence electrons. The van der Waals surface area contributed by atoms with Crippen molar-refractivity contribution < 1.29 is 0 Å². The smallest absolute Gasteiger partial charge is 0.140 e. The predicted molar refractivity (Wildman–Crippen MR) is 78.1 cm³/mol. The fourth-order valence-corrected chi connectivity index (χ4v) is 2.90. The summed E-state index contributed by atoms with van der Waals surface area (Å²) in [6.07, 6.45) is 1.61. The Labute approximate surface area is 116 Å². The van der Waals surface area contributed by atoms with Crippen molar-refractivity contribution in [2.75, 3.05) is 0 Å². The van der Waals surface area contributed by atoms with Gasteiger partial charge in [-0.15, -0.1) is 11.3 Å². The summed E-state index contributed by atoms with van der Waals surface area (Å²) in [5.41, 5.74) is 1.30. The van der Waals surface area contributed by atoms with Gasteiger partial charge >= 0.3 is 0 Å². The minimum atomic E-state index is 0.746. The molecule has 2 aromatic heterocycles. The molecule has 0 atom stereocenters. The standard InChI is InChI=1S/C14H16N4S/c1-2-18-14(16-10-17-18)9-15-8-11-3-4-13-12(7-11)5-6-19-13/h3-7,10,15H,2,8-9H2,1H3. The predicted octanol–water partition coefficient (Wildman–Crippen LogP) is 2.80. The third-order valence-electron chi connectivity index (χ3n) is 3.12. The van der Waals surface area contributed by atoms with Crippen molar-refractivity contribution in [3.63, 3.8) is 0 Å². The van der Waals surface area contributed by atoms with E-state index >= 15 is 0 Å². The first-order valence-electron chi connectivity index (χ1n) is 6.40. The molecule has 3 rings (SSSR count). The van der Waals surface area contributed by atoms with E-state index in [0.717, 1.165) is 25.5 Å². The lowest BCUT2D eigenvalue weighted by molar-refractivity contribution is 0.572. The molecule has 3 aromatic rings. The first-order chi connectivity index (χ1) is 9.36. The molecule has 0 aliphatic heterocycles. The number of nitrogens with one attached hydrogen (secondary N) is 1. The van der Waals surface area contributed by atoms with Gasteiger partial charge in [-0.1, -0.05) is 6.07 Å². The van der Waals surface area contributed by atoms with Crippen LogP contribution in [0.1, 0.15) is 18.3 Å². The van der Waals surface area contributed by atoms with E-state index < -0.39 is 0 Å². The van der Waals surface area contributed by atoms with Gasteiger partial charge in [0.05, 0.1) is 6.54 Å². The van der Waals surface area contributed by atoms with E-state index in [1.54, 1.807) is 17.7 Å². The van der Waals surface area contributed by atoms with Crippen molar-refractivity contribution in [3.05, 3.63) is 47.4 Å². The number of rotatable bonds is 5. The fraction of sp³-hybridized carbons (Fsp3) is 0.286. The average molecular weight is 272 g/mol. The summed E-state index contributed by atoms with van der Waals surface area (Å²) in [6, 6.07) is 8.77. The number of fused-ring (bicyclic) bond motifs is 1. The second-order valence-corrected chi connectivity index (χ2v) is 5.34. The number of aryl methyl sites for hydroxylation is 1. The molecule has 0 saturated carbocycles. The summed E-state index contributed by atoms with van der Waals surface area (Å²) < 4.78 is 3.25. The second-order valence-electron chi connectivity index (χ2n) is 4.39. The van der Waals surface area contributed by atoms with Crippen molar-refractivity contribution in [2.45, 2.75) is 26.6 Å². The molecule has 0 aliphatic carbocycles. The highest BCUT2D eigenvalue weighted by Crippen LogP contribution is 2.21.